The van der Waals surface area contributed by atoms with Crippen LogP contribution < -0.4 is 10.6 Å². The molecule has 0 spiro atoms. The third-order valence-corrected chi connectivity index (χ3v) is 4.29. The van der Waals surface area contributed by atoms with E-state index in [1.807, 2.05) is 25.1 Å². The number of hydrogen-bond acceptors (Lipinski definition) is 2. The Balaban J connectivity index is 2.00. The Bertz CT molecular complexity index is 447. The first-order valence-corrected chi connectivity index (χ1v) is 7.16. The fourth-order valence-corrected chi connectivity index (χ4v) is 2.66. The lowest BCUT2D eigenvalue weighted by atomic mass is 9.92. The van der Waals surface area contributed by atoms with Crippen LogP contribution in [0.1, 0.15) is 25.3 Å². The van der Waals surface area contributed by atoms with E-state index in [2.05, 4.69) is 33.5 Å². The zero-order valence-electron chi connectivity index (χ0n) is 10.8. The van der Waals surface area contributed by atoms with Gasteiger partial charge in [-0.3, -0.25) is 4.79 Å². The molecule has 1 aliphatic heterocycles. The average molecular weight is 311 g/mol. The maximum Gasteiger partial charge on any atom is 0.227 e. The molecular weight excluding hydrogens is 292 g/mol. The molecule has 3 nitrogen and oxygen atoms in total. The zero-order valence-corrected chi connectivity index (χ0v) is 12.4. The van der Waals surface area contributed by atoms with E-state index in [-0.39, 0.29) is 11.8 Å². The Labute approximate surface area is 116 Å². The van der Waals surface area contributed by atoms with Crippen LogP contribution in [0.25, 0.3) is 0 Å². The van der Waals surface area contributed by atoms with Gasteiger partial charge in [0.2, 0.25) is 5.91 Å². The lowest BCUT2D eigenvalue weighted by Gasteiger charge is -2.27. The lowest BCUT2D eigenvalue weighted by molar-refractivity contribution is -0.120. The molecule has 4 heteroatoms. The number of piperidine rings is 1. The van der Waals surface area contributed by atoms with Gasteiger partial charge in [-0.1, -0.05) is 22.0 Å². The van der Waals surface area contributed by atoms with E-state index in [0.717, 1.165) is 29.5 Å². The molecule has 18 heavy (non-hydrogen) atoms. The van der Waals surface area contributed by atoms with E-state index in [4.69, 9.17) is 0 Å². The van der Waals surface area contributed by atoms with Crippen molar-refractivity contribution in [1.29, 1.82) is 0 Å². The highest BCUT2D eigenvalue weighted by Crippen LogP contribution is 2.23. The molecule has 1 aromatic rings. The second-order valence-electron chi connectivity index (χ2n) is 5.03. The molecule has 0 bridgehead atoms. The molecule has 0 radical (unpaired) electrons. The summed E-state index contributed by atoms with van der Waals surface area (Å²) in [5.41, 5.74) is 2.03. The van der Waals surface area contributed by atoms with Crippen molar-refractivity contribution in [3.8, 4) is 0 Å². The van der Waals surface area contributed by atoms with Crippen LogP contribution in [0.3, 0.4) is 0 Å². The minimum absolute atomic E-state index is 0.126. The standard InChI is InChI=1S/C14H19BrN2O/c1-9-3-4-12(8-13(9)15)17-14(18)11-5-6-16-10(2)7-11/h3-4,8,10-11,16H,5-7H2,1-2H3,(H,17,18)/t10-,11-/m0/s1. The normalized spacial score (nSPS) is 23.7. The summed E-state index contributed by atoms with van der Waals surface area (Å²) in [4.78, 5) is 12.2. The Hall–Kier alpha value is -0.870. The molecular formula is C14H19BrN2O. The first kappa shape index (κ1) is 13.6. The van der Waals surface area contributed by atoms with Crippen molar-refractivity contribution in [3.05, 3.63) is 28.2 Å². The van der Waals surface area contributed by atoms with Crippen molar-refractivity contribution in [2.75, 3.05) is 11.9 Å². The molecule has 1 heterocycles. The number of carbonyl (C=O) groups is 1. The predicted octanol–water partition coefficient (Wildman–Crippen LogP) is 3.08. The van der Waals surface area contributed by atoms with Crippen LogP contribution in [-0.4, -0.2) is 18.5 Å². The van der Waals surface area contributed by atoms with Crippen molar-refractivity contribution in [2.24, 2.45) is 5.92 Å². The Morgan fingerprint density at radius 3 is 2.94 bits per heavy atom. The van der Waals surface area contributed by atoms with E-state index in [1.54, 1.807) is 0 Å². The highest BCUT2D eigenvalue weighted by atomic mass is 79.9. The zero-order chi connectivity index (χ0) is 13.1. The molecule has 1 aliphatic rings. The van der Waals surface area contributed by atoms with Gasteiger partial charge < -0.3 is 10.6 Å². The van der Waals surface area contributed by atoms with Gasteiger partial charge in [0.25, 0.3) is 0 Å². The molecule has 0 aliphatic carbocycles. The van der Waals surface area contributed by atoms with Crippen LogP contribution in [0, 0.1) is 12.8 Å². The smallest absolute Gasteiger partial charge is 0.227 e. The Morgan fingerprint density at radius 1 is 1.50 bits per heavy atom. The van der Waals surface area contributed by atoms with Crippen molar-refractivity contribution >= 4 is 27.5 Å². The summed E-state index contributed by atoms with van der Waals surface area (Å²) in [5.74, 6) is 0.264. The van der Waals surface area contributed by atoms with E-state index >= 15 is 0 Å². The molecule has 98 valence electrons. The average Bonchev–Trinajstić information content (AvgIpc) is 2.34. The summed E-state index contributed by atoms with van der Waals surface area (Å²) < 4.78 is 1.03. The largest absolute Gasteiger partial charge is 0.326 e. The number of nitrogens with one attached hydrogen (secondary N) is 2. The number of aryl methyl sites for hydroxylation is 1. The molecule has 2 N–H and O–H groups in total. The van der Waals surface area contributed by atoms with Crippen molar-refractivity contribution < 1.29 is 4.79 Å². The van der Waals surface area contributed by atoms with E-state index in [1.165, 1.54) is 5.56 Å². The molecule has 0 aromatic heterocycles. The van der Waals surface area contributed by atoms with Crippen LogP contribution in [0.5, 0.6) is 0 Å². The summed E-state index contributed by atoms with van der Waals surface area (Å²) in [7, 11) is 0. The number of rotatable bonds is 2. The number of anilines is 1. The second-order valence-corrected chi connectivity index (χ2v) is 5.88. The first-order chi connectivity index (χ1) is 8.56. The summed E-state index contributed by atoms with van der Waals surface area (Å²) in [6.07, 6.45) is 1.84. The monoisotopic (exact) mass is 310 g/mol. The van der Waals surface area contributed by atoms with Crippen LogP contribution in [0.15, 0.2) is 22.7 Å². The van der Waals surface area contributed by atoms with Crippen molar-refractivity contribution in [3.63, 3.8) is 0 Å². The fraction of sp³-hybridized carbons (Fsp3) is 0.500. The maximum absolute atomic E-state index is 12.2. The number of carbonyl (C=O) groups excluding carboxylic acids is 1. The first-order valence-electron chi connectivity index (χ1n) is 6.36. The van der Waals surface area contributed by atoms with Crippen LogP contribution >= 0.6 is 15.9 Å². The third kappa shape index (κ3) is 3.33. The van der Waals surface area contributed by atoms with Crippen molar-refractivity contribution in [2.45, 2.75) is 32.7 Å². The molecule has 2 rings (SSSR count). The number of amides is 1. The van der Waals surface area contributed by atoms with Gasteiger partial charge >= 0.3 is 0 Å². The van der Waals surface area contributed by atoms with Gasteiger partial charge in [0.05, 0.1) is 0 Å². The van der Waals surface area contributed by atoms with Gasteiger partial charge in [-0.2, -0.15) is 0 Å². The second kappa shape index (κ2) is 5.85. The maximum atomic E-state index is 12.2. The van der Waals surface area contributed by atoms with Gasteiger partial charge in [0.15, 0.2) is 0 Å². The van der Waals surface area contributed by atoms with E-state index in [9.17, 15) is 4.79 Å². The molecule has 1 fully saturated rings. The number of halogens is 1. The summed E-state index contributed by atoms with van der Waals surface area (Å²) in [5, 5.41) is 6.36. The van der Waals surface area contributed by atoms with E-state index < -0.39 is 0 Å². The van der Waals surface area contributed by atoms with Gasteiger partial charge in [-0.25, -0.2) is 0 Å². The number of benzene rings is 1. The summed E-state index contributed by atoms with van der Waals surface area (Å²) >= 11 is 3.48. The van der Waals surface area contributed by atoms with Gasteiger partial charge in [0.1, 0.15) is 0 Å². The van der Waals surface area contributed by atoms with Crippen LogP contribution in [0.4, 0.5) is 5.69 Å². The van der Waals surface area contributed by atoms with Crippen LogP contribution in [-0.2, 0) is 4.79 Å². The molecule has 2 atom stereocenters. The third-order valence-electron chi connectivity index (χ3n) is 3.43. The SMILES string of the molecule is Cc1ccc(NC(=O)[C@H]2CCN[C@@H](C)C2)cc1Br. The lowest BCUT2D eigenvalue weighted by Crippen LogP contribution is -2.40. The van der Waals surface area contributed by atoms with Gasteiger partial charge in [-0.15, -0.1) is 0 Å². The predicted molar refractivity (Wildman–Crippen MR) is 77.7 cm³/mol. The Kier molecular flexibility index (Phi) is 4.40. The van der Waals surface area contributed by atoms with Crippen molar-refractivity contribution in [1.82, 2.24) is 5.32 Å². The Morgan fingerprint density at radius 2 is 2.28 bits per heavy atom. The molecule has 1 saturated heterocycles. The minimum atomic E-state index is 0.126. The highest BCUT2D eigenvalue weighted by molar-refractivity contribution is 9.10. The molecule has 0 unspecified atom stereocenters. The topological polar surface area (TPSA) is 41.1 Å². The highest BCUT2D eigenvalue weighted by Gasteiger charge is 2.24. The fourth-order valence-electron chi connectivity index (χ4n) is 2.28. The number of hydrogen-bond donors (Lipinski definition) is 2. The molecule has 0 saturated carbocycles. The summed E-state index contributed by atoms with van der Waals surface area (Å²) in [6, 6.07) is 6.34. The quantitative estimate of drug-likeness (QED) is 0.881. The van der Waals surface area contributed by atoms with Gasteiger partial charge in [-0.05, 0) is 50.9 Å². The minimum Gasteiger partial charge on any atom is -0.326 e. The van der Waals surface area contributed by atoms with Gasteiger partial charge in [0, 0.05) is 22.1 Å². The van der Waals surface area contributed by atoms with Crippen LogP contribution in [0.2, 0.25) is 0 Å². The summed E-state index contributed by atoms with van der Waals surface area (Å²) in [6.45, 7) is 5.09. The molecule has 1 aromatic carbocycles. The van der Waals surface area contributed by atoms with E-state index in [0.29, 0.717) is 6.04 Å². The molecule has 1 amide bonds.